The molecular weight excluding hydrogens is 328 g/mol. The molecule has 1 atom stereocenters. The highest BCUT2D eigenvalue weighted by Gasteiger charge is 2.29. The number of rotatable bonds is 4. The number of pyridine rings is 1. The van der Waals surface area contributed by atoms with Crippen LogP contribution in [0.4, 0.5) is 5.13 Å². The van der Waals surface area contributed by atoms with Crippen molar-refractivity contribution in [2.24, 2.45) is 5.92 Å². The number of piperidine rings is 1. The molecule has 1 unspecified atom stereocenters. The third-order valence-corrected chi connectivity index (χ3v) is 4.62. The molecule has 1 fully saturated rings. The molecular formula is C16H18N4O3S. The van der Waals surface area contributed by atoms with Crippen LogP contribution in [-0.2, 0) is 4.79 Å². The van der Waals surface area contributed by atoms with Crippen LogP contribution in [0.5, 0.6) is 5.88 Å². The molecule has 1 aliphatic rings. The molecule has 8 heteroatoms. The van der Waals surface area contributed by atoms with Gasteiger partial charge in [-0.2, -0.15) is 0 Å². The normalized spacial score (nSPS) is 17.4. The molecule has 1 aliphatic heterocycles. The van der Waals surface area contributed by atoms with Gasteiger partial charge in [0.2, 0.25) is 11.8 Å². The fourth-order valence-electron chi connectivity index (χ4n) is 2.68. The lowest BCUT2D eigenvalue weighted by Gasteiger charge is -2.31. The molecule has 0 aliphatic carbocycles. The van der Waals surface area contributed by atoms with Gasteiger partial charge in [0, 0.05) is 36.9 Å². The Hall–Kier alpha value is -2.48. The summed E-state index contributed by atoms with van der Waals surface area (Å²) < 4.78 is 5.00. The summed E-state index contributed by atoms with van der Waals surface area (Å²) in [5.74, 6) is 0.0379. The predicted octanol–water partition coefficient (Wildman–Crippen LogP) is 2.04. The number of aromatic nitrogens is 2. The maximum Gasteiger partial charge on any atom is 0.255 e. The number of carbonyl (C=O) groups excluding carboxylic acids is 2. The fourth-order valence-corrected chi connectivity index (χ4v) is 3.21. The third-order valence-electron chi connectivity index (χ3n) is 3.93. The largest absolute Gasteiger partial charge is 0.481 e. The summed E-state index contributed by atoms with van der Waals surface area (Å²) in [5.41, 5.74) is 0.497. The van der Waals surface area contributed by atoms with Crippen molar-refractivity contribution in [1.29, 1.82) is 0 Å². The van der Waals surface area contributed by atoms with E-state index in [-0.39, 0.29) is 17.7 Å². The van der Waals surface area contributed by atoms with Crippen LogP contribution in [0.25, 0.3) is 0 Å². The van der Waals surface area contributed by atoms with E-state index in [2.05, 4.69) is 15.3 Å². The molecule has 0 saturated carbocycles. The maximum atomic E-state index is 12.6. The number of methoxy groups -OCH3 is 1. The zero-order valence-electron chi connectivity index (χ0n) is 13.3. The first kappa shape index (κ1) is 16.4. The van der Waals surface area contributed by atoms with Crippen LogP contribution < -0.4 is 10.1 Å². The van der Waals surface area contributed by atoms with E-state index in [0.29, 0.717) is 29.7 Å². The van der Waals surface area contributed by atoms with Crippen LogP contribution in [-0.4, -0.2) is 46.9 Å². The number of likely N-dealkylation sites (tertiary alicyclic amines) is 1. The van der Waals surface area contributed by atoms with Gasteiger partial charge in [-0.25, -0.2) is 9.97 Å². The molecule has 0 aromatic carbocycles. The topological polar surface area (TPSA) is 84.4 Å². The first-order chi connectivity index (χ1) is 11.7. The molecule has 0 spiro atoms. The quantitative estimate of drug-likeness (QED) is 0.916. The van der Waals surface area contributed by atoms with Gasteiger partial charge < -0.3 is 15.0 Å². The number of nitrogens with zero attached hydrogens (tertiary/aromatic N) is 3. The molecule has 2 amide bonds. The number of ether oxygens (including phenoxy) is 1. The van der Waals surface area contributed by atoms with E-state index in [1.165, 1.54) is 24.6 Å². The Kier molecular flexibility index (Phi) is 5.05. The molecule has 0 bridgehead atoms. The molecule has 126 valence electrons. The van der Waals surface area contributed by atoms with Crippen LogP contribution in [0.2, 0.25) is 0 Å². The summed E-state index contributed by atoms with van der Waals surface area (Å²) in [4.78, 5) is 34.8. The van der Waals surface area contributed by atoms with E-state index in [4.69, 9.17) is 4.74 Å². The van der Waals surface area contributed by atoms with Crippen molar-refractivity contribution in [3.63, 3.8) is 0 Å². The molecule has 1 N–H and O–H groups in total. The van der Waals surface area contributed by atoms with Gasteiger partial charge in [-0.3, -0.25) is 9.59 Å². The first-order valence-electron chi connectivity index (χ1n) is 7.67. The second-order valence-corrected chi connectivity index (χ2v) is 6.40. The highest BCUT2D eigenvalue weighted by atomic mass is 32.1. The van der Waals surface area contributed by atoms with Gasteiger partial charge in [-0.15, -0.1) is 11.3 Å². The van der Waals surface area contributed by atoms with Gasteiger partial charge >= 0.3 is 0 Å². The molecule has 7 nitrogen and oxygen atoms in total. The van der Waals surface area contributed by atoms with Gasteiger partial charge in [-0.1, -0.05) is 0 Å². The Morgan fingerprint density at radius 2 is 2.25 bits per heavy atom. The lowest BCUT2D eigenvalue weighted by molar-refractivity contribution is -0.121. The Labute approximate surface area is 143 Å². The number of hydrogen-bond donors (Lipinski definition) is 1. The Morgan fingerprint density at radius 3 is 2.92 bits per heavy atom. The smallest absolute Gasteiger partial charge is 0.255 e. The third kappa shape index (κ3) is 3.70. The monoisotopic (exact) mass is 346 g/mol. The lowest BCUT2D eigenvalue weighted by atomic mass is 9.96. The fraction of sp³-hybridized carbons (Fsp3) is 0.375. The second kappa shape index (κ2) is 7.39. The van der Waals surface area contributed by atoms with Crippen LogP contribution in [0, 0.1) is 5.92 Å². The van der Waals surface area contributed by atoms with Crippen molar-refractivity contribution in [1.82, 2.24) is 14.9 Å². The number of hydrogen-bond acceptors (Lipinski definition) is 6. The van der Waals surface area contributed by atoms with Crippen LogP contribution in [0.1, 0.15) is 23.2 Å². The van der Waals surface area contributed by atoms with Crippen molar-refractivity contribution in [3.8, 4) is 5.88 Å². The number of thiazole rings is 1. The van der Waals surface area contributed by atoms with E-state index < -0.39 is 0 Å². The highest BCUT2D eigenvalue weighted by Crippen LogP contribution is 2.21. The molecule has 3 heterocycles. The lowest BCUT2D eigenvalue weighted by Crippen LogP contribution is -2.43. The van der Waals surface area contributed by atoms with Crippen molar-refractivity contribution in [3.05, 3.63) is 35.5 Å². The predicted molar refractivity (Wildman–Crippen MR) is 90.2 cm³/mol. The minimum absolute atomic E-state index is 0.0877. The first-order valence-corrected chi connectivity index (χ1v) is 8.55. The van der Waals surface area contributed by atoms with Crippen molar-refractivity contribution < 1.29 is 14.3 Å². The SMILES string of the molecule is COc1ccc(C(=O)N2CCCC(C(=O)Nc3nccs3)C2)cn1. The van der Waals surface area contributed by atoms with Crippen LogP contribution in [0.15, 0.2) is 29.9 Å². The Balaban J connectivity index is 1.63. The molecule has 0 radical (unpaired) electrons. The average Bonchev–Trinajstić information content (AvgIpc) is 3.14. The van der Waals surface area contributed by atoms with E-state index in [0.717, 1.165) is 12.8 Å². The highest BCUT2D eigenvalue weighted by molar-refractivity contribution is 7.13. The van der Waals surface area contributed by atoms with E-state index >= 15 is 0 Å². The summed E-state index contributed by atoms with van der Waals surface area (Å²) in [6.45, 7) is 1.05. The van der Waals surface area contributed by atoms with Crippen LogP contribution in [0.3, 0.4) is 0 Å². The zero-order valence-corrected chi connectivity index (χ0v) is 14.1. The number of anilines is 1. The summed E-state index contributed by atoms with van der Waals surface area (Å²) in [6, 6.07) is 3.34. The number of amides is 2. The maximum absolute atomic E-state index is 12.6. The zero-order chi connectivity index (χ0) is 16.9. The van der Waals surface area contributed by atoms with E-state index in [9.17, 15) is 9.59 Å². The van der Waals surface area contributed by atoms with E-state index in [1.54, 1.807) is 23.2 Å². The minimum atomic E-state index is -0.224. The molecule has 24 heavy (non-hydrogen) atoms. The van der Waals surface area contributed by atoms with Gasteiger partial charge in [0.15, 0.2) is 5.13 Å². The summed E-state index contributed by atoms with van der Waals surface area (Å²) in [7, 11) is 1.53. The van der Waals surface area contributed by atoms with Crippen molar-refractivity contribution in [2.75, 3.05) is 25.5 Å². The molecule has 2 aromatic heterocycles. The molecule has 2 aromatic rings. The van der Waals surface area contributed by atoms with Crippen molar-refractivity contribution in [2.45, 2.75) is 12.8 Å². The second-order valence-electron chi connectivity index (χ2n) is 5.51. The van der Waals surface area contributed by atoms with Gasteiger partial charge in [-0.05, 0) is 18.9 Å². The summed E-state index contributed by atoms with van der Waals surface area (Å²) in [5, 5.41) is 5.20. The minimum Gasteiger partial charge on any atom is -0.481 e. The van der Waals surface area contributed by atoms with Gasteiger partial charge in [0.05, 0.1) is 18.6 Å². The number of carbonyl (C=O) groups is 2. The van der Waals surface area contributed by atoms with Crippen molar-refractivity contribution >= 4 is 28.3 Å². The summed E-state index contributed by atoms with van der Waals surface area (Å²) in [6.07, 6.45) is 4.71. The Morgan fingerprint density at radius 1 is 1.38 bits per heavy atom. The van der Waals surface area contributed by atoms with E-state index in [1.807, 2.05) is 5.38 Å². The average molecular weight is 346 g/mol. The standard InChI is InChI=1S/C16H18N4O3S/c1-23-13-5-4-11(9-18-13)15(22)20-7-2-3-12(10-20)14(21)19-16-17-6-8-24-16/h4-6,8-9,12H,2-3,7,10H2,1H3,(H,17,19,21). The molecule has 1 saturated heterocycles. The summed E-state index contributed by atoms with van der Waals surface area (Å²) >= 11 is 1.38. The number of nitrogens with one attached hydrogen (secondary N) is 1. The van der Waals surface area contributed by atoms with Gasteiger partial charge in [0.1, 0.15) is 0 Å². The van der Waals surface area contributed by atoms with Crippen LogP contribution >= 0.6 is 11.3 Å². The molecule has 3 rings (SSSR count). The van der Waals surface area contributed by atoms with Gasteiger partial charge in [0.25, 0.3) is 5.91 Å². The Bertz CT molecular complexity index is 703.